The fraction of sp³-hybridized carbons (Fsp3) is 0.667. The van der Waals surface area contributed by atoms with E-state index in [1.807, 2.05) is 24.9 Å². The highest BCUT2D eigenvalue weighted by atomic mass is 16.4. The van der Waals surface area contributed by atoms with Gasteiger partial charge in [0.25, 0.3) is 0 Å². The number of nitrogens with zero attached hydrogens (tertiary/aromatic N) is 3. The topological polar surface area (TPSA) is 58.4 Å². The van der Waals surface area contributed by atoms with Crippen LogP contribution < -0.4 is 0 Å². The number of aryl methyl sites for hydroxylation is 1. The summed E-state index contributed by atoms with van der Waals surface area (Å²) in [5, 5.41) is 9.01. The van der Waals surface area contributed by atoms with Gasteiger partial charge in [-0.2, -0.15) is 0 Å². The summed E-state index contributed by atoms with van der Waals surface area (Å²) in [6, 6.07) is 0. The average molecular weight is 237 g/mol. The largest absolute Gasteiger partial charge is 0.481 e. The molecule has 0 fully saturated rings. The first-order chi connectivity index (χ1) is 8.06. The Bertz CT molecular complexity index is 412. The van der Waals surface area contributed by atoms with Crippen LogP contribution in [0.2, 0.25) is 0 Å². The molecule has 1 unspecified atom stereocenters. The third kappa shape index (κ3) is 2.85. The summed E-state index contributed by atoms with van der Waals surface area (Å²) in [6.07, 6.45) is 4.41. The Hall–Kier alpha value is -1.36. The minimum absolute atomic E-state index is 0.251. The van der Waals surface area contributed by atoms with Crippen molar-refractivity contribution in [1.82, 2.24) is 14.5 Å². The number of hydrogen-bond acceptors (Lipinski definition) is 3. The lowest BCUT2D eigenvalue weighted by Gasteiger charge is -2.19. The number of imidazole rings is 1. The highest BCUT2D eigenvalue weighted by Gasteiger charge is 2.25. The fourth-order valence-corrected chi connectivity index (χ4v) is 2.16. The van der Waals surface area contributed by atoms with Crippen molar-refractivity contribution in [3.05, 3.63) is 17.7 Å². The van der Waals surface area contributed by atoms with E-state index in [1.54, 1.807) is 0 Å². The van der Waals surface area contributed by atoms with Gasteiger partial charge in [-0.3, -0.25) is 4.79 Å². The molecular formula is C12H19N3O2. The van der Waals surface area contributed by atoms with E-state index in [9.17, 15) is 4.79 Å². The van der Waals surface area contributed by atoms with Gasteiger partial charge in [-0.1, -0.05) is 0 Å². The molecule has 0 spiro atoms. The highest BCUT2D eigenvalue weighted by molar-refractivity contribution is 5.70. The van der Waals surface area contributed by atoms with Crippen LogP contribution in [0.25, 0.3) is 0 Å². The van der Waals surface area contributed by atoms with Crippen LogP contribution in [0.15, 0.2) is 6.20 Å². The van der Waals surface area contributed by atoms with E-state index in [-0.39, 0.29) is 5.92 Å². The average Bonchev–Trinajstić information content (AvgIpc) is 2.67. The van der Waals surface area contributed by atoms with E-state index >= 15 is 0 Å². The number of likely N-dealkylation sites (N-methyl/N-ethyl adjacent to an activating group) is 1. The van der Waals surface area contributed by atoms with Crippen LogP contribution in [-0.2, 0) is 24.2 Å². The Morgan fingerprint density at radius 2 is 2.41 bits per heavy atom. The lowest BCUT2D eigenvalue weighted by Crippen LogP contribution is -2.26. The maximum atomic E-state index is 10.9. The standard InChI is InChI=1S/C12H19N3O2/c1-14(2)6-5-10-8-15-7-9(12(16)17)3-4-11(15)13-10/h8-9H,3-7H2,1-2H3,(H,16,17). The summed E-state index contributed by atoms with van der Waals surface area (Å²) in [6.45, 7) is 1.54. The number of aliphatic carboxylic acids is 1. The summed E-state index contributed by atoms with van der Waals surface area (Å²) >= 11 is 0. The van der Waals surface area contributed by atoms with E-state index in [0.717, 1.165) is 30.9 Å². The second-order valence-corrected chi connectivity index (χ2v) is 4.93. The quantitative estimate of drug-likeness (QED) is 0.834. The maximum Gasteiger partial charge on any atom is 0.308 e. The predicted molar refractivity (Wildman–Crippen MR) is 63.9 cm³/mol. The molecule has 17 heavy (non-hydrogen) atoms. The molecule has 5 nitrogen and oxygen atoms in total. The summed E-state index contributed by atoms with van der Waals surface area (Å²) in [4.78, 5) is 17.6. The molecule has 1 aromatic heterocycles. The number of carboxylic acids is 1. The molecule has 2 heterocycles. The fourth-order valence-electron chi connectivity index (χ4n) is 2.16. The first kappa shape index (κ1) is 12.1. The molecule has 0 saturated heterocycles. The van der Waals surface area contributed by atoms with Gasteiger partial charge in [0.2, 0.25) is 0 Å². The van der Waals surface area contributed by atoms with Gasteiger partial charge in [-0.05, 0) is 20.5 Å². The molecule has 2 rings (SSSR count). The zero-order valence-electron chi connectivity index (χ0n) is 10.4. The van der Waals surface area contributed by atoms with Crippen LogP contribution in [0.4, 0.5) is 0 Å². The molecule has 5 heteroatoms. The van der Waals surface area contributed by atoms with Gasteiger partial charge in [0.05, 0.1) is 11.6 Å². The zero-order chi connectivity index (χ0) is 12.4. The van der Waals surface area contributed by atoms with E-state index in [0.29, 0.717) is 13.0 Å². The number of hydrogen-bond donors (Lipinski definition) is 1. The van der Waals surface area contributed by atoms with E-state index < -0.39 is 5.97 Å². The van der Waals surface area contributed by atoms with Gasteiger partial charge < -0.3 is 14.6 Å². The van der Waals surface area contributed by atoms with Crippen molar-refractivity contribution >= 4 is 5.97 Å². The van der Waals surface area contributed by atoms with Crippen LogP contribution in [0.3, 0.4) is 0 Å². The normalized spacial score (nSPS) is 19.4. The number of aromatic nitrogens is 2. The summed E-state index contributed by atoms with van der Waals surface area (Å²) in [7, 11) is 4.08. The molecule has 94 valence electrons. The molecule has 0 aliphatic carbocycles. The first-order valence-corrected chi connectivity index (χ1v) is 5.98. The second-order valence-electron chi connectivity index (χ2n) is 4.93. The smallest absolute Gasteiger partial charge is 0.308 e. The number of carbonyl (C=O) groups is 1. The van der Waals surface area contributed by atoms with Gasteiger partial charge >= 0.3 is 5.97 Å². The molecule has 0 saturated carbocycles. The lowest BCUT2D eigenvalue weighted by atomic mass is 10.00. The Morgan fingerprint density at radius 1 is 1.65 bits per heavy atom. The van der Waals surface area contributed by atoms with Crippen LogP contribution in [-0.4, -0.2) is 46.2 Å². The molecule has 1 atom stereocenters. The monoisotopic (exact) mass is 237 g/mol. The number of carboxylic acid groups (broad SMARTS) is 1. The van der Waals surface area contributed by atoms with Gasteiger partial charge in [-0.15, -0.1) is 0 Å². The molecular weight excluding hydrogens is 218 g/mol. The van der Waals surface area contributed by atoms with Crippen LogP contribution in [0.5, 0.6) is 0 Å². The molecule has 1 N–H and O–H groups in total. The van der Waals surface area contributed by atoms with Crippen LogP contribution in [0, 0.1) is 5.92 Å². The summed E-state index contributed by atoms with van der Waals surface area (Å²) in [5.74, 6) is 0.0915. The highest BCUT2D eigenvalue weighted by Crippen LogP contribution is 2.20. The van der Waals surface area contributed by atoms with Crippen LogP contribution >= 0.6 is 0 Å². The SMILES string of the molecule is CN(C)CCc1cn2c(n1)CCC(C(=O)O)C2. The van der Waals surface area contributed by atoms with Crippen molar-refractivity contribution in [2.45, 2.75) is 25.8 Å². The Balaban J connectivity index is 2.04. The van der Waals surface area contributed by atoms with Crippen molar-refractivity contribution in [3.8, 4) is 0 Å². The molecule has 1 aromatic rings. The maximum absolute atomic E-state index is 10.9. The number of rotatable bonds is 4. The van der Waals surface area contributed by atoms with Crippen molar-refractivity contribution in [3.63, 3.8) is 0 Å². The van der Waals surface area contributed by atoms with Gasteiger partial charge in [0.15, 0.2) is 0 Å². The van der Waals surface area contributed by atoms with Crippen molar-refractivity contribution in [1.29, 1.82) is 0 Å². The van der Waals surface area contributed by atoms with Crippen LogP contribution in [0.1, 0.15) is 17.9 Å². The summed E-state index contributed by atoms with van der Waals surface area (Å²) < 4.78 is 2.01. The minimum atomic E-state index is -0.695. The molecule has 0 bridgehead atoms. The third-order valence-electron chi connectivity index (χ3n) is 3.21. The summed E-state index contributed by atoms with van der Waals surface area (Å²) in [5.41, 5.74) is 1.07. The lowest BCUT2D eigenvalue weighted by molar-refractivity contribution is -0.142. The predicted octanol–water partition coefficient (Wildman–Crippen LogP) is 0.634. The Kier molecular flexibility index (Phi) is 3.47. The van der Waals surface area contributed by atoms with Crippen molar-refractivity contribution in [2.75, 3.05) is 20.6 Å². The van der Waals surface area contributed by atoms with E-state index in [1.165, 1.54) is 0 Å². The second kappa shape index (κ2) is 4.87. The molecule has 1 aliphatic rings. The Morgan fingerprint density at radius 3 is 3.06 bits per heavy atom. The Labute approximate surface area is 101 Å². The first-order valence-electron chi connectivity index (χ1n) is 5.98. The minimum Gasteiger partial charge on any atom is -0.481 e. The van der Waals surface area contributed by atoms with Gasteiger partial charge in [-0.25, -0.2) is 4.98 Å². The van der Waals surface area contributed by atoms with Gasteiger partial charge in [0, 0.05) is 32.1 Å². The van der Waals surface area contributed by atoms with Crippen molar-refractivity contribution < 1.29 is 9.90 Å². The number of fused-ring (bicyclic) bond motifs is 1. The van der Waals surface area contributed by atoms with Gasteiger partial charge in [0.1, 0.15) is 5.82 Å². The van der Waals surface area contributed by atoms with Crippen molar-refractivity contribution in [2.24, 2.45) is 5.92 Å². The molecule has 0 amide bonds. The molecule has 1 aliphatic heterocycles. The molecule has 0 aromatic carbocycles. The van der Waals surface area contributed by atoms with E-state index in [4.69, 9.17) is 5.11 Å². The zero-order valence-corrected chi connectivity index (χ0v) is 10.4. The van der Waals surface area contributed by atoms with E-state index in [2.05, 4.69) is 9.88 Å². The molecule has 0 radical (unpaired) electrons. The third-order valence-corrected chi connectivity index (χ3v) is 3.21.